The molecule has 0 spiro atoms. The van der Waals surface area contributed by atoms with Gasteiger partial charge in [0.15, 0.2) is 0 Å². The maximum Gasteiger partial charge on any atom is 0.272 e. The molecule has 0 unspecified atom stereocenters. The largest absolute Gasteiger partial charge is 0.397 e. The van der Waals surface area contributed by atoms with Gasteiger partial charge in [-0.1, -0.05) is 6.07 Å². The van der Waals surface area contributed by atoms with E-state index in [4.69, 9.17) is 5.73 Å². The minimum Gasteiger partial charge on any atom is -0.397 e. The van der Waals surface area contributed by atoms with Crippen LogP contribution in [0.3, 0.4) is 0 Å². The number of hydrogen-bond acceptors (Lipinski definition) is 2. The number of aromatic nitrogens is 1. The summed E-state index contributed by atoms with van der Waals surface area (Å²) in [5.74, 6) is -0.834. The number of rotatable bonds is 3. The van der Waals surface area contributed by atoms with E-state index in [2.05, 4.69) is 5.32 Å². The van der Waals surface area contributed by atoms with Crippen molar-refractivity contribution in [2.24, 2.45) is 0 Å². The zero-order chi connectivity index (χ0) is 14.9. The molecule has 1 aromatic heterocycles. The first-order valence-corrected chi connectivity index (χ1v) is 6.43. The minimum absolute atomic E-state index is 0.0930. The molecular weight excluding hydrogens is 257 g/mol. The molecule has 0 aliphatic carbocycles. The molecule has 1 aromatic carbocycles. The van der Waals surface area contributed by atoms with Crippen molar-refractivity contribution in [1.82, 2.24) is 4.57 Å². The SMILES string of the molecule is Cc1ccc(F)c(NC(=O)c2cc(N)cn2C(C)C)c1. The number of benzene rings is 1. The summed E-state index contributed by atoms with van der Waals surface area (Å²) in [7, 11) is 0. The zero-order valence-corrected chi connectivity index (χ0v) is 11.8. The van der Waals surface area contributed by atoms with Crippen LogP contribution in [0.25, 0.3) is 0 Å². The third-order valence-corrected chi connectivity index (χ3v) is 3.03. The van der Waals surface area contributed by atoms with E-state index in [-0.39, 0.29) is 17.6 Å². The van der Waals surface area contributed by atoms with Crippen molar-refractivity contribution in [3.05, 3.63) is 47.5 Å². The van der Waals surface area contributed by atoms with Gasteiger partial charge in [-0.15, -0.1) is 0 Å². The van der Waals surface area contributed by atoms with Crippen LogP contribution in [0.1, 0.15) is 35.9 Å². The molecule has 2 aromatic rings. The van der Waals surface area contributed by atoms with Gasteiger partial charge >= 0.3 is 0 Å². The Labute approximate surface area is 117 Å². The van der Waals surface area contributed by atoms with E-state index >= 15 is 0 Å². The predicted octanol–water partition coefficient (Wildman–Crippen LogP) is 3.35. The van der Waals surface area contributed by atoms with Crippen LogP contribution in [0.4, 0.5) is 15.8 Å². The Hall–Kier alpha value is -2.30. The number of amides is 1. The fraction of sp³-hybridized carbons (Fsp3) is 0.267. The highest BCUT2D eigenvalue weighted by atomic mass is 19.1. The molecule has 0 aliphatic rings. The van der Waals surface area contributed by atoms with Gasteiger partial charge in [-0.3, -0.25) is 4.79 Å². The van der Waals surface area contributed by atoms with Crippen molar-refractivity contribution < 1.29 is 9.18 Å². The molecule has 2 rings (SSSR count). The Morgan fingerprint density at radius 2 is 2.05 bits per heavy atom. The van der Waals surface area contributed by atoms with E-state index < -0.39 is 5.82 Å². The Kier molecular flexibility index (Phi) is 3.79. The van der Waals surface area contributed by atoms with Crippen molar-refractivity contribution in [3.63, 3.8) is 0 Å². The number of nitrogens with two attached hydrogens (primary N) is 1. The highest BCUT2D eigenvalue weighted by Crippen LogP contribution is 2.20. The Morgan fingerprint density at radius 3 is 2.70 bits per heavy atom. The monoisotopic (exact) mass is 275 g/mol. The van der Waals surface area contributed by atoms with E-state index in [0.717, 1.165) is 5.56 Å². The van der Waals surface area contributed by atoms with Gasteiger partial charge in [-0.25, -0.2) is 4.39 Å². The van der Waals surface area contributed by atoms with Gasteiger partial charge in [0.05, 0.1) is 11.4 Å². The van der Waals surface area contributed by atoms with Crippen molar-refractivity contribution in [2.75, 3.05) is 11.1 Å². The zero-order valence-electron chi connectivity index (χ0n) is 11.8. The average molecular weight is 275 g/mol. The number of nitrogen functional groups attached to an aromatic ring is 1. The maximum atomic E-state index is 13.7. The Balaban J connectivity index is 2.31. The molecule has 0 saturated carbocycles. The molecule has 4 nitrogen and oxygen atoms in total. The third kappa shape index (κ3) is 2.82. The Bertz CT molecular complexity index is 647. The molecule has 106 valence electrons. The molecule has 0 bridgehead atoms. The minimum atomic E-state index is -0.459. The summed E-state index contributed by atoms with van der Waals surface area (Å²) in [6.45, 7) is 5.73. The van der Waals surface area contributed by atoms with Crippen molar-refractivity contribution >= 4 is 17.3 Å². The quantitative estimate of drug-likeness (QED) is 0.902. The lowest BCUT2D eigenvalue weighted by atomic mass is 10.2. The summed E-state index contributed by atoms with van der Waals surface area (Å²) in [5.41, 5.74) is 7.70. The van der Waals surface area contributed by atoms with Crippen LogP contribution < -0.4 is 11.1 Å². The van der Waals surface area contributed by atoms with E-state index in [1.54, 1.807) is 29.0 Å². The maximum absolute atomic E-state index is 13.7. The topological polar surface area (TPSA) is 60.1 Å². The normalized spacial score (nSPS) is 10.8. The number of halogens is 1. The number of aryl methyl sites for hydroxylation is 1. The first-order valence-electron chi connectivity index (χ1n) is 6.43. The molecule has 0 aliphatic heterocycles. The predicted molar refractivity (Wildman–Crippen MR) is 78.3 cm³/mol. The van der Waals surface area contributed by atoms with Crippen LogP contribution in [0.5, 0.6) is 0 Å². The number of anilines is 2. The number of nitrogens with one attached hydrogen (secondary N) is 1. The van der Waals surface area contributed by atoms with E-state index in [0.29, 0.717) is 11.4 Å². The first-order chi connectivity index (χ1) is 9.38. The fourth-order valence-corrected chi connectivity index (χ4v) is 2.03. The third-order valence-electron chi connectivity index (χ3n) is 3.03. The number of hydrogen-bond donors (Lipinski definition) is 2. The van der Waals surface area contributed by atoms with Gasteiger partial charge in [0.1, 0.15) is 11.5 Å². The summed E-state index contributed by atoms with van der Waals surface area (Å²) >= 11 is 0. The molecule has 0 radical (unpaired) electrons. The molecule has 5 heteroatoms. The van der Waals surface area contributed by atoms with Crippen molar-refractivity contribution in [3.8, 4) is 0 Å². The Morgan fingerprint density at radius 1 is 1.35 bits per heavy atom. The van der Waals surface area contributed by atoms with Crippen LogP contribution in [-0.2, 0) is 0 Å². The average Bonchev–Trinajstić information content (AvgIpc) is 2.76. The number of carbonyl (C=O) groups excluding carboxylic acids is 1. The molecule has 20 heavy (non-hydrogen) atoms. The van der Waals surface area contributed by atoms with Crippen LogP contribution in [0.15, 0.2) is 30.5 Å². The summed E-state index contributed by atoms with van der Waals surface area (Å²) in [5, 5.41) is 2.59. The van der Waals surface area contributed by atoms with Gasteiger partial charge < -0.3 is 15.6 Å². The number of nitrogens with zero attached hydrogens (tertiary/aromatic N) is 1. The summed E-state index contributed by atoms with van der Waals surface area (Å²) in [6.07, 6.45) is 1.70. The molecule has 0 saturated heterocycles. The van der Waals surface area contributed by atoms with Gasteiger partial charge in [0, 0.05) is 12.2 Å². The summed E-state index contributed by atoms with van der Waals surface area (Å²) in [4.78, 5) is 12.3. The van der Waals surface area contributed by atoms with Crippen molar-refractivity contribution in [1.29, 1.82) is 0 Å². The highest BCUT2D eigenvalue weighted by molar-refractivity contribution is 6.04. The summed E-state index contributed by atoms with van der Waals surface area (Å²) < 4.78 is 15.4. The number of carbonyl (C=O) groups is 1. The van der Waals surface area contributed by atoms with Crippen LogP contribution in [0.2, 0.25) is 0 Å². The molecule has 0 atom stereocenters. The van der Waals surface area contributed by atoms with Gasteiger partial charge in [-0.05, 0) is 44.5 Å². The second kappa shape index (κ2) is 5.36. The highest BCUT2D eigenvalue weighted by Gasteiger charge is 2.16. The first kappa shape index (κ1) is 14.1. The van der Waals surface area contributed by atoms with Crippen LogP contribution in [-0.4, -0.2) is 10.5 Å². The van der Waals surface area contributed by atoms with Gasteiger partial charge in [-0.2, -0.15) is 0 Å². The standard InChI is InChI=1S/C15H18FN3O/c1-9(2)19-8-11(17)7-14(19)15(20)18-13-6-10(3)4-5-12(13)16/h4-9H,17H2,1-3H3,(H,18,20). The van der Waals surface area contributed by atoms with Gasteiger partial charge in [0.2, 0.25) is 0 Å². The fourth-order valence-electron chi connectivity index (χ4n) is 2.03. The second-order valence-corrected chi connectivity index (χ2v) is 5.10. The van der Waals surface area contributed by atoms with Crippen LogP contribution in [0, 0.1) is 12.7 Å². The van der Waals surface area contributed by atoms with E-state index in [9.17, 15) is 9.18 Å². The molecule has 1 heterocycles. The van der Waals surface area contributed by atoms with Crippen molar-refractivity contribution in [2.45, 2.75) is 26.8 Å². The lowest BCUT2D eigenvalue weighted by molar-refractivity contribution is 0.101. The molecule has 3 N–H and O–H groups in total. The van der Waals surface area contributed by atoms with Crippen LogP contribution >= 0.6 is 0 Å². The smallest absolute Gasteiger partial charge is 0.272 e. The molecule has 1 amide bonds. The molecule has 0 fully saturated rings. The summed E-state index contributed by atoms with van der Waals surface area (Å²) in [6, 6.07) is 6.26. The second-order valence-electron chi connectivity index (χ2n) is 5.10. The van der Waals surface area contributed by atoms with E-state index in [1.165, 1.54) is 6.07 Å². The lowest BCUT2D eigenvalue weighted by Gasteiger charge is -2.13. The van der Waals surface area contributed by atoms with E-state index in [1.807, 2.05) is 20.8 Å². The molecular formula is C15H18FN3O. The van der Waals surface area contributed by atoms with Gasteiger partial charge in [0.25, 0.3) is 5.91 Å². The lowest BCUT2D eigenvalue weighted by Crippen LogP contribution is -2.18.